The lowest BCUT2D eigenvalue weighted by atomic mass is 10.1. The molecule has 3 N–H and O–H groups in total. The van der Waals surface area contributed by atoms with Crippen molar-refractivity contribution in [2.24, 2.45) is 0 Å². The number of anilines is 1. The molecule has 7 nitrogen and oxygen atoms in total. The van der Waals surface area contributed by atoms with E-state index in [-0.39, 0.29) is 11.5 Å². The summed E-state index contributed by atoms with van der Waals surface area (Å²) >= 11 is 2.13. The van der Waals surface area contributed by atoms with Gasteiger partial charge in [-0.3, -0.25) is 9.71 Å². The Labute approximate surface area is 196 Å². The van der Waals surface area contributed by atoms with Crippen LogP contribution >= 0.6 is 22.6 Å². The number of aliphatic hydroxyl groups excluding tert-OH is 1. The van der Waals surface area contributed by atoms with Crippen LogP contribution in [0.5, 0.6) is 5.75 Å². The maximum absolute atomic E-state index is 12.5. The number of halogens is 1. The van der Waals surface area contributed by atoms with Crippen LogP contribution in [-0.2, 0) is 16.4 Å². The second kappa shape index (κ2) is 11.4. The molecule has 1 heterocycles. The Kier molecular flexibility index (Phi) is 8.64. The largest absolute Gasteiger partial charge is 0.489 e. The minimum absolute atomic E-state index is 0.189. The standard InChI is InChI=1S/C22H24IN3O4S/c23-18-5-9-22(10-6-18)31(28,29)26-19-7-3-17(4-8-19)11-13-25-14-20(27)16-30-21-2-1-12-24-15-21/h1-10,12,15,20,25-27H,11,13-14,16H2. The van der Waals surface area contributed by atoms with Crippen LogP contribution in [0.1, 0.15) is 5.56 Å². The number of rotatable bonds is 11. The number of benzene rings is 2. The summed E-state index contributed by atoms with van der Waals surface area (Å²) in [5, 5.41) is 13.2. The van der Waals surface area contributed by atoms with Gasteiger partial charge in [-0.1, -0.05) is 12.1 Å². The third-order valence-electron chi connectivity index (χ3n) is 4.38. The number of hydrogen-bond acceptors (Lipinski definition) is 6. The molecule has 0 bridgehead atoms. The molecule has 0 saturated carbocycles. The molecule has 0 aliphatic heterocycles. The first-order valence-electron chi connectivity index (χ1n) is 9.71. The summed E-state index contributed by atoms with van der Waals surface area (Å²) in [6, 6.07) is 17.5. The number of nitrogens with one attached hydrogen (secondary N) is 2. The quantitative estimate of drug-likeness (QED) is 0.250. The van der Waals surface area contributed by atoms with E-state index in [2.05, 4.69) is 37.6 Å². The Morgan fingerprint density at radius 1 is 1.06 bits per heavy atom. The molecule has 2 aromatic carbocycles. The first-order valence-corrected chi connectivity index (χ1v) is 12.3. The molecule has 1 atom stereocenters. The van der Waals surface area contributed by atoms with Crippen molar-refractivity contribution < 1.29 is 18.3 Å². The second-order valence-electron chi connectivity index (χ2n) is 6.86. The van der Waals surface area contributed by atoms with Crippen LogP contribution in [0.25, 0.3) is 0 Å². The van der Waals surface area contributed by atoms with E-state index in [0.29, 0.717) is 24.5 Å². The average molecular weight is 553 g/mol. The van der Waals surface area contributed by atoms with Crippen LogP contribution in [0.3, 0.4) is 0 Å². The number of nitrogens with zero attached hydrogens (tertiary/aromatic N) is 1. The van der Waals surface area contributed by atoms with E-state index in [4.69, 9.17) is 4.74 Å². The Hall–Kier alpha value is -2.21. The lowest BCUT2D eigenvalue weighted by Crippen LogP contribution is -2.32. The first kappa shape index (κ1) is 23.5. The van der Waals surface area contributed by atoms with Crippen molar-refractivity contribution in [3.05, 3.63) is 82.2 Å². The third-order valence-corrected chi connectivity index (χ3v) is 6.49. The fourth-order valence-electron chi connectivity index (χ4n) is 2.75. The van der Waals surface area contributed by atoms with Crippen LogP contribution in [0.2, 0.25) is 0 Å². The molecule has 0 saturated heterocycles. The Balaban J connectivity index is 1.39. The molecule has 0 fully saturated rings. The van der Waals surface area contributed by atoms with Crippen molar-refractivity contribution in [2.45, 2.75) is 17.4 Å². The van der Waals surface area contributed by atoms with Gasteiger partial charge in [0, 0.05) is 22.0 Å². The zero-order valence-corrected chi connectivity index (χ0v) is 19.7. The van der Waals surface area contributed by atoms with Gasteiger partial charge in [0.15, 0.2) is 0 Å². The van der Waals surface area contributed by atoms with E-state index in [9.17, 15) is 13.5 Å². The highest BCUT2D eigenvalue weighted by Crippen LogP contribution is 2.18. The molecule has 3 aromatic rings. The lowest BCUT2D eigenvalue weighted by Gasteiger charge is -2.13. The molecule has 3 rings (SSSR count). The minimum Gasteiger partial charge on any atom is -0.489 e. The molecule has 164 valence electrons. The van der Waals surface area contributed by atoms with Gasteiger partial charge in [-0.2, -0.15) is 0 Å². The Bertz CT molecular complexity index is 1050. The normalized spacial score (nSPS) is 12.3. The van der Waals surface area contributed by atoms with Crippen molar-refractivity contribution in [2.75, 3.05) is 24.4 Å². The van der Waals surface area contributed by atoms with Crippen molar-refractivity contribution in [3.8, 4) is 5.75 Å². The molecule has 9 heteroatoms. The summed E-state index contributed by atoms with van der Waals surface area (Å²) in [5.41, 5.74) is 1.57. The Morgan fingerprint density at radius 3 is 2.48 bits per heavy atom. The van der Waals surface area contributed by atoms with E-state index >= 15 is 0 Å². The molecule has 0 radical (unpaired) electrons. The summed E-state index contributed by atoms with van der Waals surface area (Å²) in [5.74, 6) is 0.624. The molecule has 1 unspecified atom stereocenters. The van der Waals surface area contributed by atoms with Gasteiger partial charge in [0.25, 0.3) is 10.0 Å². The maximum atomic E-state index is 12.5. The number of hydrogen-bond donors (Lipinski definition) is 3. The SMILES string of the molecule is O=S(=O)(Nc1ccc(CCNCC(O)COc2cccnc2)cc1)c1ccc(I)cc1. The van der Waals surface area contributed by atoms with Gasteiger partial charge in [-0.05, 0) is 89.7 Å². The predicted molar refractivity (Wildman–Crippen MR) is 129 cm³/mol. The van der Waals surface area contributed by atoms with E-state index in [1.165, 1.54) is 0 Å². The van der Waals surface area contributed by atoms with Crippen LogP contribution in [0.4, 0.5) is 5.69 Å². The zero-order valence-electron chi connectivity index (χ0n) is 16.7. The van der Waals surface area contributed by atoms with E-state index in [1.807, 2.05) is 12.1 Å². The van der Waals surface area contributed by atoms with Crippen molar-refractivity contribution in [1.29, 1.82) is 0 Å². The summed E-state index contributed by atoms with van der Waals surface area (Å²) in [6.07, 6.45) is 3.39. The maximum Gasteiger partial charge on any atom is 0.261 e. The lowest BCUT2D eigenvalue weighted by molar-refractivity contribution is 0.106. The second-order valence-corrected chi connectivity index (χ2v) is 9.79. The minimum atomic E-state index is -3.61. The van der Waals surface area contributed by atoms with Crippen LogP contribution in [0.15, 0.2) is 78.0 Å². The van der Waals surface area contributed by atoms with E-state index < -0.39 is 16.1 Å². The zero-order chi connectivity index (χ0) is 22.1. The van der Waals surface area contributed by atoms with Crippen LogP contribution in [0, 0.1) is 3.57 Å². The van der Waals surface area contributed by atoms with Gasteiger partial charge in [0.1, 0.15) is 18.5 Å². The Morgan fingerprint density at radius 2 is 1.81 bits per heavy atom. The number of ether oxygens (including phenoxy) is 1. The fraction of sp³-hybridized carbons (Fsp3) is 0.227. The number of pyridine rings is 1. The van der Waals surface area contributed by atoms with E-state index in [0.717, 1.165) is 15.6 Å². The van der Waals surface area contributed by atoms with Crippen molar-refractivity contribution in [3.63, 3.8) is 0 Å². The number of aliphatic hydroxyl groups is 1. The number of sulfonamides is 1. The molecular formula is C22H24IN3O4S. The highest BCUT2D eigenvalue weighted by molar-refractivity contribution is 14.1. The molecule has 1 aromatic heterocycles. The first-order chi connectivity index (χ1) is 14.9. The van der Waals surface area contributed by atoms with Crippen molar-refractivity contribution in [1.82, 2.24) is 10.3 Å². The van der Waals surface area contributed by atoms with E-state index in [1.54, 1.807) is 60.9 Å². The van der Waals surface area contributed by atoms with Crippen molar-refractivity contribution >= 4 is 38.3 Å². The van der Waals surface area contributed by atoms with Crippen LogP contribution < -0.4 is 14.8 Å². The number of aromatic nitrogens is 1. The van der Waals surface area contributed by atoms with Gasteiger partial charge in [-0.15, -0.1) is 0 Å². The molecule has 0 aliphatic carbocycles. The monoisotopic (exact) mass is 553 g/mol. The summed E-state index contributed by atoms with van der Waals surface area (Å²) in [6.45, 7) is 1.28. The highest BCUT2D eigenvalue weighted by Gasteiger charge is 2.13. The molecular weight excluding hydrogens is 529 g/mol. The van der Waals surface area contributed by atoms with Gasteiger partial charge in [-0.25, -0.2) is 8.42 Å². The smallest absolute Gasteiger partial charge is 0.261 e. The van der Waals surface area contributed by atoms with Gasteiger partial charge in [0.2, 0.25) is 0 Å². The van der Waals surface area contributed by atoms with Gasteiger partial charge >= 0.3 is 0 Å². The molecule has 0 aliphatic rings. The predicted octanol–water partition coefficient (Wildman–Crippen LogP) is 3.06. The topological polar surface area (TPSA) is 101 Å². The van der Waals surface area contributed by atoms with Gasteiger partial charge < -0.3 is 15.2 Å². The summed E-state index contributed by atoms with van der Waals surface area (Å²) < 4.78 is 33.9. The van der Waals surface area contributed by atoms with Crippen LogP contribution in [-0.4, -0.2) is 44.3 Å². The third kappa shape index (κ3) is 7.76. The molecule has 31 heavy (non-hydrogen) atoms. The summed E-state index contributed by atoms with van der Waals surface area (Å²) in [4.78, 5) is 4.18. The average Bonchev–Trinajstić information content (AvgIpc) is 2.77. The summed E-state index contributed by atoms with van der Waals surface area (Å²) in [7, 11) is -3.61. The highest BCUT2D eigenvalue weighted by atomic mass is 127. The molecule has 0 amide bonds. The van der Waals surface area contributed by atoms with Gasteiger partial charge in [0.05, 0.1) is 11.1 Å². The molecule has 0 spiro atoms. The fourth-order valence-corrected chi connectivity index (χ4v) is 4.17.